The maximum absolute atomic E-state index is 10.8. The number of likely N-dealkylation sites (N-methyl/N-ethyl adjacent to an activating group) is 1. The fraction of sp³-hybridized carbons (Fsp3) is 0.500. The van der Waals surface area contributed by atoms with Gasteiger partial charge in [0.15, 0.2) is 0 Å². The van der Waals surface area contributed by atoms with Crippen LogP contribution in [0, 0.1) is 10.1 Å². The van der Waals surface area contributed by atoms with Gasteiger partial charge in [0.25, 0.3) is 5.69 Å². The highest BCUT2D eigenvalue weighted by Crippen LogP contribution is 2.27. The summed E-state index contributed by atoms with van der Waals surface area (Å²) >= 11 is 0. The Bertz CT molecular complexity index is 463. The van der Waals surface area contributed by atoms with Crippen molar-refractivity contribution < 1.29 is 4.92 Å². The summed E-state index contributed by atoms with van der Waals surface area (Å²) in [5.74, 6) is 0. The minimum atomic E-state index is -0.402. The van der Waals surface area contributed by atoms with Crippen LogP contribution in [0.15, 0.2) is 18.2 Å². The van der Waals surface area contributed by atoms with E-state index in [0.717, 1.165) is 25.3 Å². The highest BCUT2D eigenvalue weighted by molar-refractivity contribution is 5.63. The third-order valence-electron chi connectivity index (χ3n) is 3.30. The van der Waals surface area contributed by atoms with Crippen molar-refractivity contribution in [2.24, 2.45) is 0 Å². The molecule has 1 fully saturated rings. The fourth-order valence-corrected chi connectivity index (χ4v) is 2.41. The van der Waals surface area contributed by atoms with Crippen LogP contribution in [0.25, 0.3) is 0 Å². The van der Waals surface area contributed by atoms with Crippen molar-refractivity contribution in [2.45, 2.75) is 13.0 Å². The Morgan fingerprint density at radius 3 is 2.72 bits per heavy atom. The van der Waals surface area contributed by atoms with Gasteiger partial charge >= 0.3 is 0 Å². The molecule has 2 N–H and O–H groups in total. The molecule has 1 aliphatic heterocycles. The largest absolute Gasteiger partial charge is 0.398 e. The molecule has 2 rings (SSSR count). The molecule has 98 valence electrons. The first-order chi connectivity index (χ1) is 8.47. The average Bonchev–Trinajstić information content (AvgIpc) is 2.27. The zero-order valence-corrected chi connectivity index (χ0v) is 10.7. The van der Waals surface area contributed by atoms with Crippen LogP contribution in [0.4, 0.5) is 17.1 Å². The van der Waals surface area contributed by atoms with Gasteiger partial charge in [-0.1, -0.05) is 0 Å². The number of hydrogen-bond acceptors (Lipinski definition) is 5. The Labute approximate surface area is 106 Å². The summed E-state index contributed by atoms with van der Waals surface area (Å²) in [7, 11) is 2.08. The smallest absolute Gasteiger partial charge is 0.273 e. The van der Waals surface area contributed by atoms with Crippen LogP contribution in [0.5, 0.6) is 0 Å². The van der Waals surface area contributed by atoms with Crippen molar-refractivity contribution in [3.63, 3.8) is 0 Å². The van der Waals surface area contributed by atoms with E-state index in [2.05, 4.69) is 23.8 Å². The van der Waals surface area contributed by atoms with Gasteiger partial charge in [0.2, 0.25) is 0 Å². The van der Waals surface area contributed by atoms with Gasteiger partial charge in [-0.25, -0.2) is 0 Å². The molecule has 0 amide bonds. The molecule has 18 heavy (non-hydrogen) atoms. The summed E-state index contributed by atoms with van der Waals surface area (Å²) in [6.07, 6.45) is 0. The van der Waals surface area contributed by atoms with Gasteiger partial charge in [-0.2, -0.15) is 0 Å². The number of rotatable bonds is 2. The molecule has 6 nitrogen and oxygen atoms in total. The van der Waals surface area contributed by atoms with E-state index in [1.807, 2.05) is 0 Å². The van der Waals surface area contributed by atoms with Crippen molar-refractivity contribution in [1.82, 2.24) is 4.90 Å². The number of benzene rings is 1. The zero-order valence-electron chi connectivity index (χ0n) is 10.7. The number of nitro groups is 1. The lowest BCUT2D eigenvalue weighted by Crippen LogP contribution is -2.50. The summed E-state index contributed by atoms with van der Waals surface area (Å²) in [4.78, 5) is 14.9. The molecule has 1 atom stereocenters. The molecule has 6 heteroatoms. The minimum Gasteiger partial charge on any atom is -0.398 e. The lowest BCUT2D eigenvalue weighted by molar-refractivity contribution is -0.384. The van der Waals surface area contributed by atoms with Crippen LogP contribution >= 0.6 is 0 Å². The van der Waals surface area contributed by atoms with E-state index in [9.17, 15) is 10.1 Å². The Balaban J connectivity index is 2.30. The summed E-state index contributed by atoms with van der Waals surface area (Å²) < 4.78 is 0. The maximum atomic E-state index is 10.8. The maximum Gasteiger partial charge on any atom is 0.273 e. The lowest BCUT2D eigenvalue weighted by Gasteiger charge is -2.39. The zero-order chi connectivity index (χ0) is 13.3. The number of hydrogen-bond donors (Lipinski definition) is 1. The van der Waals surface area contributed by atoms with Crippen molar-refractivity contribution >= 4 is 17.1 Å². The fourth-order valence-electron chi connectivity index (χ4n) is 2.41. The number of piperazine rings is 1. The first-order valence-corrected chi connectivity index (χ1v) is 5.97. The van der Waals surface area contributed by atoms with Crippen molar-refractivity contribution in [1.29, 1.82) is 0 Å². The first kappa shape index (κ1) is 12.6. The van der Waals surface area contributed by atoms with E-state index in [1.54, 1.807) is 12.1 Å². The van der Waals surface area contributed by atoms with Crippen LogP contribution in [0.1, 0.15) is 6.92 Å². The molecule has 0 radical (unpaired) electrons. The molecular formula is C12H18N4O2. The Hall–Kier alpha value is -1.82. The van der Waals surface area contributed by atoms with Crippen LogP contribution in [0.2, 0.25) is 0 Å². The van der Waals surface area contributed by atoms with Gasteiger partial charge in [0, 0.05) is 49.2 Å². The molecule has 1 saturated heterocycles. The Morgan fingerprint density at radius 1 is 1.39 bits per heavy atom. The van der Waals surface area contributed by atoms with E-state index in [1.165, 1.54) is 6.07 Å². The molecule has 0 spiro atoms. The number of non-ortho nitro benzene ring substituents is 1. The monoisotopic (exact) mass is 250 g/mol. The molecule has 1 aromatic rings. The second-order valence-corrected chi connectivity index (χ2v) is 4.84. The van der Waals surface area contributed by atoms with Crippen LogP contribution < -0.4 is 10.6 Å². The summed E-state index contributed by atoms with van der Waals surface area (Å²) in [5, 5.41) is 10.8. The molecule has 0 bridgehead atoms. The van der Waals surface area contributed by atoms with Gasteiger partial charge in [-0.3, -0.25) is 10.1 Å². The van der Waals surface area contributed by atoms with E-state index in [-0.39, 0.29) is 5.69 Å². The third kappa shape index (κ3) is 2.53. The number of anilines is 2. The van der Waals surface area contributed by atoms with Gasteiger partial charge < -0.3 is 15.5 Å². The molecule has 1 heterocycles. The molecular weight excluding hydrogens is 232 g/mol. The van der Waals surface area contributed by atoms with Gasteiger partial charge in [0.1, 0.15) is 0 Å². The van der Waals surface area contributed by atoms with Crippen LogP contribution in [0.3, 0.4) is 0 Å². The Morgan fingerprint density at radius 2 is 2.11 bits per heavy atom. The predicted octanol–water partition coefficient (Wildman–Crippen LogP) is 1.32. The normalized spacial score (nSPS) is 21.0. The molecule has 0 aliphatic carbocycles. The summed E-state index contributed by atoms with van der Waals surface area (Å²) in [5.41, 5.74) is 7.06. The molecule has 0 aromatic heterocycles. The van der Waals surface area contributed by atoms with Gasteiger partial charge in [-0.15, -0.1) is 0 Å². The molecule has 1 unspecified atom stereocenters. The summed E-state index contributed by atoms with van der Waals surface area (Å²) in [6.45, 7) is 4.87. The molecule has 1 aliphatic rings. The van der Waals surface area contributed by atoms with E-state index in [4.69, 9.17) is 5.73 Å². The van der Waals surface area contributed by atoms with Gasteiger partial charge in [0.05, 0.1) is 4.92 Å². The standard InChI is InChI=1S/C12H18N4O2/c1-9-8-14(2)3-4-15(9)11-5-10(13)6-12(7-11)16(17)18/h5-7,9H,3-4,8,13H2,1-2H3. The highest BCUT2D eigenvalue weighted by Gasteiger charge is 2.23. The number of nitrogens with two attached hydrogens (primary N) is 1. The molecule has 1 aromatic carbocycles. The lowest BCUT2D eigenvalue weighted by atomic mass is 10.1. The van der Waals surface area contributed by atoms with E-state index < -0.39 is 4.92 Å². The van der Waals surface area contributed by atoms with E-state index >= 15 is 0 Å². The van der Waals surface area contributed by atoms with Crippen LogP contribution in [-0.2, 0) is 0 Å². The van der Waals surface area contributed by atoms with E-state index in [0.29, 0.717) is 11.7 Å². The highest BCUT2D eigenvalue weighted by atomic mass is 16.6. The van der Waals surface area contributed by atoms with Crippen molar-refractivity contribution in [3.05, 3.63) is 28.3 Å². The Kier molecular flexibility index (Phi) is 3.38. The van der Waals surface area contributed by atoms with Gasteiger partial charge in [-0.05, 0) is 20.0 Å². The SMILES string of the molecule is CC1CN(C)CCN1c1cc(N)cc([N+](=O)[O-])c1. The second kappa shape index (κ2) is 4.81. The predicted molar refractivity (Wildman–Crippen MR) is 71.8 cm³/mol. The summed E-state index contributed by atoms with van der Waals surface area (Å²) in [6, 6.07) is 5.11. The number of nitro benzene ring substituents is 1. The number of nitrogen functional groups attached to an aromatic ring is 1. The third-order valence-corrected chi connectivity index (χ3v) is 3.30. The average molecular weight is 250 g/mol. The van der Waals surface area contributed by atoms with Crippen molar-refractivity contribution in [2.75, 3.05) is 37.3 Å². The second-order valence-electron chi connectivity index (χ2n) is 4.84. The van der Waals surface area contributed by atoms with Crippen molar-refractivity contribution in [3.8, 4) is 0 Å². The number of nitrogens with zero attached hydrogens (tertiary/aromatic N) is 3. The topological polar surface area (TPSA) is 75.6 Å². The first-order valence-electron chi connectivity index (χ1n) is 5.97. The van der Waals surface area contributed by atoms with Crippen LogP contribution in [-0.4, -0.2) is 42.5 Å². The molecule has 0 saturated carbocycles. The minimum absolute atomic E-state index is 0.0520. The quantitative estimate of drug-likeness (QED) is 0.486.